The highest BCUT2D eigenvalue weighted by molar-refractivity contribution is 7.92. The Hall–Kier alpha value is -4.05. The number of carbonyl (C=O) groups is 2. The Morgan fingerprint density at radius 2 is 1.56 bits per heavy atom. The van der Waals surface area contributed by atoms with E-state index < -0.39 is 28.5 Å². The number of aryl methyl sites for hydroxylation is 2. The summed E-state index contributed by atoms with van der Waals surface area (Å²) in [5.74, 6) is -0.279. The van der Waals surface area contributed by atoms with Crippen LogP contribution >= 0.6 is 0 Å². The minimum absolute atomic E-state index is 0.0712. The van der Waals surface area contributed by atoms with Gasteiger partial charge in [0, 0.05) is 19.7 Å². The molecule has 1 unspecified atom stereocenters. The van der Waals surface area contributed by atoms with Crippen LogP contribution in [0.5, 0.6) is 11.5 Å². The lowest BCUT2D eigenvalue weighted by atomic mass is 10.1. The number of methoxy groups -OCH3 is 2. The smallest absolute Gasteiger partial charge is 0.264 e. The second-order valence-electron chi connectivity index (χ2n) is 9.16. The molecule has 0 spiro atoms. The molecule has 208 valence electrons. The molecular weight excluding hydrogens is 518 g/mol. The summed E-state index contributed by atoms with van der Waals surface area (Å²) in [4.78, 5) is 27.8. The molecule has 2 amide bonds. The number of benzene rings is 3. The molecule has 0 saturated heterocycles. The molecule has 0 aliphatic rings. The Bertz CT molecular complexity index is 1420. The number of amides is 2. The molecule has 0 fully saturated rings. The lowest BCUT2D eigenvalue weighted by Gasteiger charge is -2.32. The molecule has 9 nitrogen and oxygen atoms in total. The molecule has 1 N–H and O–H groups in total. The zero-order chi connectivity index (χ0) is 28.7. The van der Waals surface area contributed by atoms with E-state index in [9.17, 15) is 18.0 Å². The second kappa shape index (κ2) is 12.7. The molecule has 1 atom stereocenters. The summed E-state index contributed by atoms with van der Waals surface area (Å²) >= 11 is 0. The third-order valence-corrected chi connectivity index (χ3v) is 8.16. The fourth-order valence-corrected chi connectivity index (χ4v) is 5.57. The fourth-order valence-electron chi connectivity index (χ4n) is 4.14. The topological polar surface area (TPSA) is 105 Å². The molecule has 0 aromatic heterocycles. The zero-order valence-electron chi connectivity index (χ0n) is 23.1. The summed E-state index contributed by atoms with van der Waals surface area (Å²) < 4.78 is 39.6. The summed E-state index contributed by atoms with van der Waals surface area (Å²) in [6.07, 6.45) is 0. The van der Waals surface area contributed by atoms with Gasteiger partial charge in [-0.3, -0.25) is 13.9 Å². The first-order valence-electron chi connectivity index (χ1n) is 12.4. The summed E-state index contributed by atoms with van der Waals surface area (Å²) in [6.45, 7) is 5.05. The summed E-state index contributed by atoms with van der Waals surface area (Å²) in [7, 11) is 0.133. The first-order chi connectivity index (χ1) is 18.5. The third-order valence-electron chi connectivity index (χ3n) is 6.39. The second-order valence-corrected chi connectivity index (χ2v) is 11.0. The van der Waals surface area contributed by atoms with Crippen LogP contribution in [0.2, 0.25) is 0 Å². The van der Waals surface area contributed by atoms with Crippen LogP contribution in [-0.2, 0) is 26.2 Å². The van der Waals surface area contributed by atoms with E-state index in [2.05, 4.69) is 5.32 Å². The van der Waals surface area contributed by atoms with Crippen molar-refractivity contribution in [3.8, 4) is 11.5 Å². The van der Waals surface area contributed by atoms with Crippen molar-refractivity contribution in [2.45, 2.75) is 38.3 Å². The Kier molecular flexibility index (Phi) is 9.58. The van der Waals surface area contributed by atoms with E-state index in [1.165, 1.54) is 44.4 Å². The number of hydrogen-bond acceptors (Lipinski definition) is 6. The number of rotatable bonds is 11. The van der Waals surface area contributed by atoms with Gasteiger partial charge in [-0.15, -0.1) is 0 Å². The molecule has 3 aromatic rings. The van der Waals surface area contributed by atoms with E-state index in [4.69, 9.17) is 9.47 Å². The van der Waals surface area contributed by atoms with E-state index in [0.29, 0.717) is 11.4 Å². The van der Waals surface area contributed by atoms with Crippen molar-refractivity contribution in [3.63, 3.8) is 0 Å². The van der Waals surface area contributed by atoms with Crippen LogP contribution in [0.3, 0.4) is 0 Å². The van der Waals surface area contributed by atoms with Gasteiger partial charge < -0.3 is 19.7 Å². The van der Waals surface area contributed by atoms with E-state index in [0.717, 1.165) is 21.0 Å². The maximum atomic E-state index is 14.0. The predicted molar refractivity (Wildman–Crippen MR) is 151 cm³/mol. The minimum Gasteiger partial charge on any atom is -0.493 e. The number of likely N-dealkylation sites (N-methyl/N-ethyl adjacent to an activating group) is 1. The molecule has 0 aliphatic carbocycles. The van der Waals surface area contributed by atoms with Crippen molar-refractivity contribution in [2.75, 3.05) is 32.1 Å². The van der Waals surface area contributed by atoms with Crippen LogP contribution in [0.15, 0.2) is 71.6 Å². The Morgan fingerprint density at radius 3 is 2.15 bits per heavy atom. The lowest BCUT2D eigenvalue weighted by molar-refractivity contribution is -0.139. The van der Waals surface area contributed by atoms with Gasteiger partial charge in [0.1, 0.15) is 12.6 Å². The van der Waals surface area contributed by atoms with Crippen molar-refractivity contribution < 1.29 is 27.5 Å². The van der Waals surface area contributed by atoms with Gasteiger partial charge >= 0.3 is 0 Å². The first kappa shape index (κ1) is 29.5. The normalized spacial score (nSPS) is 11.8. The highest BCUT2D eigenvalue weighted by atomic mass is 32.2. The molecule has 0 heterocycles. The maximum Gasteiger partial charge on any atom is 0.264 e. The van der Waals surface area contributed by atoms with Crippen LogP contribution < -0.4 is 19.1 Å². The summed E-state index contributed by atoms with van der Waals surface area (Å²) in [6, 6.07) is 17.9. The molecule has 10 heteroatoms. The Morgan fingerprint density at radius 1 is 0.897 bits per heavy atom. The largest absolute Gasteiger partial charge is 0.493 e. The SMILES string of the molecule is CNC(=O)C(C)N(Cc1cccc(C)c1)C(=O)CN(c1ccc(C)cc1)S(=O)(=O)c1ccc(OC)c(OC)c1. The van der Waals surface area contributed by atoms with Crippen LogP contribution in [0.25, 0.3) is 0 Å². The summed E-state index contributed by atoms with van der Waals surface area (Å²) in [5.41, 5.74) is 3.07. The summed E-state index contributed by atoms with van der Waals surface area (Å²) in [5, 5.41) is 2.58. The molecule has 3 aromatic carbocycles. The molecule has 0 saturated carbocycles. The van der Waals surface area contributed by atoms with E-state index >= 15 is 0 Å². The Balaban J connectivity index is 2.07. The van der Waals surface area contributed by atoms with Gasteiger partial charge in [-0.05, 0) is 50.6 Å². The molecule has 0 bridgehead atoms. The van der Waals surface area contributed by atoms with Gasteiger partial charge in [0.15, 0.2) is 11.5 Å². The number of ether oxygens (including phenoxy) is 2. The minimum atomic E-state index is -4.23. The number of carbonyl (C=O) groups excluding carboxylic acids is 2. The number of hydrogen-bond donors (Lipinski definition) is 1. The van der Waals surface area contributed by atoms with Gasteiger partial charge in [0.25, 0.3) is 10.0 Å². The van der Waals surface area contributed by atoms with Gasteiger partial charge in [-0.25, -0.2) is 8.42 Å². The van der Waals surface area contributed by atoms with Gasteiger partial charge in [0.2, 0.25) is 11.8 Å². The first-order valence-corrected chi connectivity index (χ1v) is 13.8. The molecular formula is C29H35N3O6S. The standard InChI is InChI=1S/C29H35N3O6S/c1-20-10-12-24(13-11-20)32(39(35,36)25-14-15-26(37-5)27(17-25)38-6)19-28(33)31(22(3)29(34)30-4)18-23-9-7-8-21(2)16-23/h7-17,22H,18-19H2,1-6H3,(H,30,34). The van der Waals surface area contributed by atoms with E-state index in [-0.39, 0.29) is 23.1 Å². The molecule has 0 aliphatic heterocycles. The monoisotopic (exact) mass is 553 g/mol. The fraction of sp³-hybridized carbons (Fsp3) is 0.310. The molecule has 39 heavy (non-hydrogen) atoms. The zero-order valence-corrected chi connectivity index (χ0v) is 23.9. The average Bonchev–Trinajstić information content (AvgIpc) is 2.93. The van der Waals surface area contributed by atoms with Crippen LogP contribution in [0.1, 0.15) is 23.6 Å². The van der Waals surface area contributed by atoms with Crippen molar-refractivity contribution in [2.24, 2.45) is 0 Å². The predicted octanol–water partition coefficient (Wildman–Crippen LogP) is 3.68. The molecule has 0 radical (unpaired) electrons. The van der Waals surface area contributed by atoms with Crippen molar-refractivity contribution in [1.82, 2.24) is 10.2 Å². The number of nitrogens with zero attached hydrogens (tertiary/aromatic N) is 2. The maximum absolute atomic E-state index is 14.0. The van der Waals surface area contributed by atoms with Crippen molar-refractivity contribution in [1.29, 1.82) is 0 Å². The van der Waals surface area contributed by atoms with Crippen molar-refractivity contribution in [3.05, 3.63) is 83.4 Å². The average molecular weight is 554 g/mol. The number of anilines is 1. The van der Waals surface area contributed by atoms with Gasteiger partial charge in [-0.1, -0.05) is 47.5 Å². The number of sulfonamides is 1. The van der Waals surface area contributed by atoms with Crippen LogP contribution in [-0.4, -0.2) is 59.0 Å². The van der Waals surface area contributed by atoms with E-state index in [1.807, 2.05) is 38.1 Å². The highest BCUT2D eigenvalue weighted by Gasteiger charge is 2.32. The van der Waals surface area contributed by atoms with Gasteiger partial charge in [0.05, 0.1) is 24.8 Å². The molecule has 3 rings (SSSR count). The van der Waals surface area contributed by atoms with Gasteiger partial charge in [-0.2, -0.15) is 0 Å². The van der Waals surface area contributed by atoms with Crippen LogP contribution in [0, 0.1) is 13.8 Å². The lowest BCUT2D eigenvalue weighted by Crippen LogP contribution is -2.50. The Labute approximate surface area is 230 Å². The third kappa shape index (κ3) is 6.88. The van der Waals surface area contributed by atoms with Crippen LogP contribution in [0.4, 0.5) is 5.69 Å². The number of nitrogens with one attached hydrogen (secondary N) is 1. The van der Waals surface area contributed by atoms with Crippen molar-refractivity contribution >= 4 is 27.5 Å². The van der Waals surface area contributed by atoms with E-state index in [1.54, 1.807) is 31.2 Å². The quantitative estimate of drug-likeness (QED) is 0.389. The highest BCUT2D eigenvalue weighted by Crippen LogP contribution is 2.32.